The van der Waals surface area contributed by atoms with Gasteiger partial charge in [0.1, 0.15) is 11.0 Å². The Hall–Kier alpha value is -2.56. The number of benzene rings is 2. The van der Waals surface area contributed by atoms with Crippen LogP contribution >= 0.6 is 11.6 Å². The Kier molecular flexibility index (Phi) is 4.90. The van der Waals surface area contributed by atoms with Crippen molar-refractivity contribution in [2.24, 2.45) is 0 Å². The van der Waals surface area contributed by atoms with E-state index >= 15 is 0 Å². The van der Waals surface area contributed by atoms with Gasteiger partial charge in [0.25, 0.3) is 10.0 Å². The van der Waals surface area contributed by atoms with Crippen molar-refractivity contribution in [1.29, 1.82) is 5.26 Å². The van der Waals surface area contributed by atoms with Gasteiger partial charge in [-0.15, -0.1) is 0 Å². The van der Waals surface area contributed by atoms with Gasteiger partial charge >= 0.3 is 0 Å². The van der Waals surface area contributed by atoms with Crippen LogP contribution < -0.4 is 9.62 Å². The molecule has 6 nitrogen and oxygen atoms in total. The SMILES string of the molecule is CC(=O)N1CCCc2cc(NS(=O)(=O)c3cccc(Cl)c3C#N)ccc21. The van der Waals surface area contributed by atoms with E-state index in [-0.39, 0.29) is 21.4 Å². The molecular weight excluding hydrogens is 374 g/mol. The second-order valence-corrected chi connectivity index (χ2v) is 8.01. The molecular formula is C18H16ClN3O3S. The van der Waals surface area contributed by atoms with Crippen molar-refractivity contribution < 1.29 is 13.2 Å². The van der Waals surface area contributed by atoms with Gasteiger partial charge in [0.2, 0.25) is 5.91 Å². The number of hydrogen-bond acceptors (Lipinski definition) is 4. The van der Waals surface area contributed by atoms with Gasteiger partial charge in [0, 0.05) is 24.8 Å². The molecule has 0 saturated heterocycles. The molecule has 0 unspecified atom stereocenters. The molecule has 3 rings (SSSR count). The van der Waals surface area contributed by atoms with E-state index in [1.807, 2.05) is 6.07 Å². The lowest BCUT2D eigenvalue weighted by atomic mass is 10.0. The van der Waals surface area contributed by atoms with Gasteiger partial charge in [-0.3, -0.25) is 9.52 Å². The summed E-state index contributed by atoms with van der Waals surface area (Å²) in [4.78, 5) is 13.2. The lowest BCUT2D eigenvalue weighted by molar-refractivity contribution is -0.116. The number of nitriles is 1. The van der Waals surface area contributed by atoms with Crippen LogP contribution in [0.4, 0.5) is 11.4 Å². The number of rotatable bonds is 3. The first-order valence-electron chi connectivity index (χ1n) is 7.96. The van der Waals surface area contributed by atoms with Crippen molar-refractivity contribution >= 4 is 38.9 Å². The first-order valence-corrected chi connectivity index (χ1v) is 9.82. The van der Waals surface area contributed by atoms with E-state index in [1.54, 1.807) is 23.1 Å². The van der Waals surface area contributed by atoms with E-state index in [2.05, 4.69) is 4.72 Å². The number of fused-ring (bicyclic) bond motifs is 1. The molecule has 1 aliphatic heterocycles. The van der Waals surface area contributed by atoms with Crippen LogP contribution in [0, 0.1) is 11.3 Å². The Morgan fingerprint density at radius 2 is 2.08 bits per heavy atom. The summed E-state index contributed by atoms with van der Waals surface area (Å²) in [6.45, 7) is 2.16. The summed E-state index contributed by atoms with van der Waals surface area (Å²) in [6, 6.07) is 11.2. The molecule has 0 bridgehead atoms. The van der Waals surface area contributed by atoms with Crippen molar-refractivity contribution in [2.45, 2.75) is 24.7 Å². The average Bonchev–Trinajstić information content (AvgIpc) is 2.60. The second kappa shape index (κ2) is 6.98. The number of nitrogens with zero attached hydrogens (tertiary/aromatic N) is 2. The maximum atomic E-state index is 12.7. The van der Waals surface area contributed by atoms with E-state index < -0.39 is 10.0 Å². The number of carbonyl (C=O) groups excluding carboxylic acids is 1. The van der Waals surface area contributed by atoms with Crippen molar-refractivity contribution in [3.8, 4) is 6.07 Å². The number of aryl methyl sites for hydroxylation is 1. The van der Waals surface area contributed by atoms with Crippen molar-refractivity contribution in [2.75, 3.05) is 16.2 Å². The number of carbonyl (C=O) groups is 1. The smallest absolute Gasteiger partial charge is 0.263 e. The van der Waals surface area contributed by atoms with Crippen molar-refractivity contribution in [3.63, 3.8) is 0 Å². The van der Waals surface area contributed by atoms with E-state index in [1.165, 1.54) is 25.1 Å². The van der Waals surface area contributed by atoms with Crippen LogP contribution in [-0.2, 0) is 21.2 Å². The van der Waals surface area contributed by atoms with E-state index in [0.717, 1.165) is 24.1 Å². The van der Waals surface area contributed by atoms with E-state index in [0.29, 0.717) is 12.2 Å². The number of amides is 1. The van der Waals surface area contributed by atoms with E-state index in [4.69, 9.17) is 11.6 Å². The minimum Gasteiger partial charge on any atom is -0.312 e. The lowest BCUT2D eigenvalue weighted by Gasteiger charge is -2.29. The molecule has 0 atom stereocenters. The number of hydrogen-bond donors (Lipinski definition) is 1. The van der Waals surface area contributed by atoms with Crippen LogP contribution in [0.5, 0.6) is 0 Å². The Balaban J connectivity index is 1.96. The molecule has 134 valence electrons. The first-order chi connectivity index (χ1) is 12.3. The predicted molar refractivity (Wildman–Crippen MR) is 99.8 cm³/mol. The molecule has 8 heteroatoms. The molecule has 0 radical (unpaired) electrons. The third-order valence-electron chi connectivity index (χ3n) is 4.21. The van der Waals surface area contributed by atoms with E-state index in [9.17, 15) is 18.5 Å². The Morgan fingerprint density at radius 1 is 1.31 bits per heavy atom. The summed E-state index contributed by atoms with van der Waals surface area (Å²) in [6.07, 6.45) is 1.57. The Morgan fingerprint density at radius 3 is 2.77 bits per heavy atom. The van der Waals surface area contributed by atoms with Crippen molar-refractivity contribution in [1.82, 2.24) is 0 Å². The van der Waals surface area contributed by atoms with Gasteiger partial charge in [0.05, 0.1) is 10.6 Å². The zero-order valence-electron chi connectivity index (χ0n) is 14.0. The highest BCUT2D eigenvalue weighted by atomic mass is 35.5. The Labute approximate surface area is 157 Å². The number of nitrogens with one attached hydrogen (secondary N) is 1. The molecule has 0 saturated carbocycles. The van der Waals surface area contributed by atoms with Crippen LogP contribution in [0.2, 0.25) is 5.02 Å². The van der Waals surface area contributed by atoms with Gasteiger partial charge in [-0.05, 0) is 48.7 Å². The summed E-state index contributed by atoms with van der Waals surface area (Å²) in [5.41, 5.74) is 1.98. The fraction of sp³-hybridized carbons (Fsp3) is 0.222. The van der Waals surface area contributed by atoms with Crippen LogP contribution in [0.25, 0.3) is 0 Å². The minimum atomic E-state index is -3.97. The Bertz CT molecular complexity index is 1030. The number of sulfonamides is 1. The monoisotopic (exact) mass is 389 g/mol. The largest absolute Gasteiger partial charge is 0.312 e. The molecule has 0 aromatic heterocycles. The maximum absolute atomic E-state index is 12.7. The maximum Gasteiger partial charge on any atom is 0.263 e. The summed E-state index contributed by atoms with van der Waals surface area (Å²) in [5.74, 6) is -0.0446. The summed E-state index contributed by atoms with van der Waals surface area (Å²) in [5, 5.41) is 9.29. The summed E-state index contributed by atoms with van der Waals surface area (Å²) >= 11 is 5.93. The fourth-order valence-corrected chi connectivity index (χ4v) is 4.54. The normalized spacial score (nSPS) is 13.7. The van der Waals surface area contributed by atoms with Crippen LogP contribution in [0.1, 0.15) is 24.5 Å². The molecule has 1 amide bonds. The van der Waals surface area contributed by atoms with Gasteiger partial charge in [-0.1, -0.05) is 17.7 Å². The van der Waals surface area contributed by atoms with Crippen molar-refractivity contribution in [3.05, 3.63) is 52.5 Å². The lowest BCUT2D eigenvalue weighted by Crippen LogP contribution is -2.33. The highest BCUT2D eigenvalue weighted by Crippen LogP contribution is 2.31. The quantitative estimate of drug-likeness (QED) is 0.871. The van der Waals surface area contributed by atoms with Gasteiger partial charge in [-0.2, -0.15) is 5.26 Å². The van der Waals surface area contributed by atoms with Gasteiger partial charge in [-0.25, -0.2) is 8.42 Å². The van der Waals surface area contributed by atoms with Gasteiger partial charge < -0.3 is 4.90 Å². The predicted octanol–water partition coefficient (Wildman–Crippen LogP) is 3.31. The first kappa shape index (κ1) is 18.2. The summed E-state index contributed by atoms with van der Waals surface area (Å²) < 4.78 is 27.9. The van der Waals surface area contributed by atoms with Crippen LogP contribution in [0.3, 0.4) is 0 Å². The molecule has 2 aromatic carbocycles. The third kappa shape index (κ3) is 3.39. The highest BCUT2D eigenvalue weighted by Gasteiger charge is 2.23. The average molecular weight is 390 g/mol. The molecule has 1 aliphatic rings. The molecule has 0 aliphatic carbocycles. The zero-order chi connectivity index (χ0) is 18.9. The van der Waals surface area contributed by atoms with Gasteiger partial charge in [0.15, 0.2) is 0 Å². The highest BCUT2D eigenvalue weighted by molar-refractivity contribution is 7.92. The number of halogens is 1. The van der Waals surface area contributed by atoms with Crippen LogP contribution in [0.15, 0.2) is 41.3 Å². The fourth-order valence-electron chi connectivity index (χ4n) is 3.03. The molecule has 2 aromatic rings. The third-order valence-corrected chi connectivity index (χ3v) is 5.95. The molecule has 0 fully saturated rings. The molecule has 0 spiro atoms. The summed E-state index contributed by atoms with van der Waals surface area (Å²) in [7, 11) is -3.97. The zero-order valence-corrected chi connectivity index (χ0v) is 15.6. The standard InChI is InChI=1S/C18H16ClN3O3S/c1-12(23)22-9-3-4-13-10-14(7-8-17(13)22)21-26(24,25)18-6-2-5-16(19)15(18)11-20/h2,5-8,10,21H,3-4,9H2,1H3. The number of anilines is 2. The topological polar surface area (TPSA) is 90.3 Å². The molecule has 1 N–H and O–H groups in total. The minimum absolute atomic E-state index is 0.0446. The molecule has 1 heterocycles. The molecule has 26 heavy (non-hydrogen) atoms. The van der Waals surface area contributed by atoms with Crippen LogP contribution in [-0.4, -0.2) is 20.9 Å². The second-order valence-electron chi connectivity index (χ2n) is 5.95.